The summed E-state index contributed by atoms with van der Waals surface area (Å²) < 4.78 is 0. The second-order valence-electron chi connectivity index (χ2n) is 5.33. The maximum atomic E-state index is 3.51. The summed E-state index contributed by atoms with van der Waals surface area (Å²) in [6.45, 7) is 3.76. The Kier molecular flexibility index (Phi) is 4.04. The molecule has 88 valence electrons. The summed E-state index contributed by atoms with van der Waals surface area (Å²) in [5.41, 5.74) is 0. The molecule has 2 fully saturated rings. The summed E-state index contributed by atoms with van der Waals surface area (Å²) in [6.07, 6.45) is 9.91. The fraction of sp³-hybridized carbons (Fsp3) is 1.00. The normalized spacial score (nSPS) is 39.2. The summed E-state index contributed by atoms with van der Waals surface area (Å²) in [4.78, 5) is 2.79. The highest BCUT2D eigenvalue weighted by Gasteiger charge is 2.33. The average molecular weight is 210 g/mol. The van der Waals surface area contributed by atoms with Gasteiger partial charge in [0.2, 0.25) is 0 Å². The highest BCUT2D eigenvalue weighted by Crippen LogP contribution is 2.28. The molecule has 15 heavy (non-hydrogen) atoms. The lowest BCUT2D eigenvalue weighted by Crippen LogP contribution is -2.49. The molecule has 1 aliphatic heterocycles. The number of nitrogens with zero attached hydrogens (tertiary/aromatic N) is 1. The highest BCUT2D eigenvalue weighted by molar-refractivity contribution is 4.92. The van der Waals surface area contributed by atoms with Crippen LogP contribution in [0.15, 0.2) is 0 Å². The molecule has 1 heterocycles. The lowest BCUT2D eigenvalue weighted by molar-refractivity contribution is 0.130. The topological polar surface area (TPSA) is 15.3 Å². The first-order valence-electron chi connectivity index (χ1n) is 6.76. The fourth-order valence-corrected chi connectivity index (χ4v) is 3.46. The predicted octanol–water partition coefficient (Wildman–Crippen LogP) is 2.39. The number of hydrogen-bond acceptors (Lipinski definition) is 2. The predicted molar refractivity (Wildman–Crippen MR) is 65.1 cm³/mol. The molecule has 0 aromatic carbocycles. The van der Waals surface area contributed by atoms with Crippen LogP contribution in [0.1, 0.15) is 51.9 Å². The van der Waals surface area contributed by atoms with Crippen LogP contribution in [0, 0.1) is 0 Å². The minimum atomic E-state index is 0.755. The smallest absolute Gasteiger partial charge is 0.0252 e. The number of nitrogens with one attached hydrogen (secondary N) is 1. The van der Waals surface area contributed by atoms with Gasteiger partial charge in [0.25, 0.3) is 0 Å². The summed E-state index contributed by atoms with van der Waals surface area (Å²) in [7, 11) is 2.13. The zero-order valence-electron chi connectivity index (χ0n) is 10.3. The van der Waals surface area contributed by atoms with Gasteiger partial charge in [-0.3, -0.25) is 4.90 Å². The first-order valence-corrected chi connectivity index (χ1v) is 6.76. The zero-order chi connectivity index (χ0) is 10.7. The van der Waals surface area contributed by atoms with Crippen LogP contribution in [-0.4, -0.2) is 36.6 Å². The second kappa shape index (κ2) is 5.31. The van der Waals surface area contributed by atoms with E-state index in [4.69, 9.17) is 0 Å². The van der Waals surface area contributed by atoms with Gasteiger partial charge in [0.05, 0.1) is 0 Å². The van der Waals surface area contributed by atoms with Crippen molar-refractivity contribution in [3.8, 4) is 0 Å². The van der Waals surface area contributed by atoms with Gasteiger partial charge < -0.3 is 5.32 Å². The van der Waals surface area contributed by atoms with E-state index in [0.717, 1.165) is 18.1 Å². The Hall–Kier alpha value is -0.0800. The van der Waals surface area contributed by atoms with E-state index in [1.54, 1.807) is 0 Å². The molecule has 0 aromatic heterocycles. The van der Waals surface area contributed by atoms with Crippen LogP contribution in [-0.2, 0) is 0 Å². The number of likely N-dealkylation sites (tertiary alicyclic amines) is 1. The van der Waals surface area contributed by atoms with Gasteiger partial charge in [0, 0.05) is 18.1 Å². The summed E-state index contributed by atoms with van der Waals surface area (Å²) in [5, 5.41) is 3.51. The molecule has 2 rings (SSSR count). The molecule has 0 radical (unpaired) electrons. The van der Waals surface area contributed by atoms with Crippen LogP contribution in [0.4, 0.5) is 0 Å². The third-order valence-electron chi connectivity index (χ3n) is 4.38. The van der Waals surface area contributed by atoms with Gasteiger partial charge in [-0.05, 0) is 46.2 Å². The zero-order valence-corrected chi connectivity index (χ0v) is 10.3. The van der Waals surface area contributed by atoms with Gasteiger partial charge in [0.15, 0.2) is 0 Å². The minimum absolute atomic E-state index is 0.755. The molecule has 2 aliphatic rings. The molecule has 0 amide bonds. The van der Waals surface area contributed by atoms with E-state index >= 15 is 0 Å². The molecule has 1 saturated heterocycles. The summed E-state index contributed by atoms with van der Waals surface area (Å²) in [6, 6.07) is 2.39. The first-order chi connectivity index (χ1) is 7.33. The molecule has 1 N–H and O–H groups in total. The summed E-state index contributed by atoms with van der Waals surface area (Å²) >= 11 is 0. The molecule has 0 bridgehead atoms. The molecular formula is C13H26N2. The molecule has 1 aliphatic carbocycles. The Morgan fingerprint density at radius 1 is 1.00 bits per heavy atom. The average Bonchev–Trinajstić information content (AvgIpc) is 2.61. The van der Waals surface area contributed by atoms with Crippen molar-refractivity contribution < 1.29 is 0 Å². The van der Waals surface area contributed by atoms with Crippen molar-refractivity contribution in [1.29, 1.82) is 0 Å². The van der Waals surface area contributed by atoms with Gasteiger partial charge >= 0.3 is 0 Å². The van der Waals surface area contributed by atoms with Crippen LogP contribution >= 0.6 is 0 Å². The standard InChI is InChI=1S/C13H26N2/c1-11-7-4-3-5-10-15(11)13-9-6-8-12(13)14-2/h11-14H,3-10H2,1-2H3. The molecule has 2 nitrogen and oxygen atoms in total. The SMILES string of the molecule is CNC1CCCC1N1CCCCCC1C. The van der Waals surface area contributed by atoms with E-state index in [1.807, 2.05) is 0 Å². The largest absolute Gasteiger partial charge is 0.315 e. The second-order valence-corrected chi connectivity index (χ2v) is 5.33. The van der Waals surface area contributed by atoms with Crippen molar-refractivity contribution >= 4 is 0 Å². The van der Waals surface area contributed by atoms with E-state index in [0.29, 0.717) is 0 Å². The Bertz CT molecular complexity index is 193. The molecule has 2 heteroatoms. The third-order valence-corrected chi connectivity index (χ3v) is 4.38. The Morgan fingerprint density at radius 2 is 1.87 bits per heavy atom. The lowest BCUT2D eigenvalue weighted by Gasteiger charge is -2.36. The van der Waals surface area contributed by atoms with Gasteiger partial charge in [-0.15, -0.1) is 0 Å². The van der Waals surface area contributed by atoms with E-state index in [1.165, 1.54) is 51.5 Å². The first kappa shape index (κ1) is 11.4. The Labute approximate surface area is 94.4 Å². The Balaban J connectivity index is 1.99. The van der Waals surface area contributed by atoms with Crippen molar-refractivity contribution in [2.45, 2.75) is 70.0 Å². The molecular weight excluding hydrogens is 184 g/mol. The molecule has 3 unspecified atom stereocenters. The fourth-order valence-electron chi connectivity index (χ4n) is 3.46. The van der Waals surface area contributed by atoms with Crippen molar-refractivity contribution in [3.05, 3.63) is 0 Å². The van der Waals surface area contributed by atoms with E-state index in [9.17, 15) is 0 Å². The maximum absolute atomic E-state index is 3.51. The maximum Gasteiger partial charge on any atom is 0.0252 e. The Morgan fingerprint density at radius 3 is 2.67 bits per heavy atom. The van der Waals surface area contributed by atoms with Crippen molar-refractivity contribution in [2.24, 2.45) is 0 Å². The van der Waals surface area contributed by atoms with Crippen LogP contribution in [0.5, 0.6) is 0 Å². The quantitative estimate of drug-likeness (QED) is 0.753. The van der Waals surface area contributed by atoms with Gasteiger partial charge in [-0.25, -0.2) is 0 Å². The van der Waals surface area contributed by atoms with Crippen LogP contribution in [0.3, 0.4) is 0 Å². The number of rotatable bonds is 2. The number of hydrogen-bond donors (Lipinski definition) is 1. The highest BCUT2D eigenvalue weighted by atomic mass is 15.2. The van der Waals surface area contributed by atoms with Gasteiger partial charge in [0.1, 0.15) is 0 Å². The van der Waals surface area contributed by atoms with Crippen LogP contribution in [0.25, 0.3) is 0 Å². The lowest BCUT2D eigenvalue weighted by atomic mass is 10.1. The monoisotopic (exact) mass is 210 g/mol. The van der Waals surface area contributed by atoms with Gasteiger partial charge in [-0.1, -0.05) is 19.3 Å². The van der Waals surface area contributed by atoms with Gasteiger partial charge in [-0.2, -0.15) is 0 Å². The molecule has 1 saturated carbocycles. The van der Waals surface area contributed by atoms with E-state index < -0.39 is 0 Å². The van der Waals surface area contributed by atoms with Crippen LogP contribution in [0.2, 0.25) is 0 Å². The molecule has 0 spiro atoms. The van der Waals surface area contributed by atoms with Crippen molar-refractivity contribution in [3.63, 3.8) is 0 Å². The van der Waals surface area contributed by atoms with E-state index in [-0.39, 0.29) is 0 Å². The molecule has 0 aromatic rings. The minimum Gasteiger partial charge on any atom is -0.315 e. The molecule has 3 atom stereocenters. The van der Waals surface area contributed by atoms with Crippen LogP contribution < -0.4 is 5.32 Å². The van der Waals surface area contributed by atoms with Crippen molar-refractivity contribution in [1.82, 2.24) is 10.2 Å². The third kappa shape index (κ3) is 2.54. The summed E-state index contributed by atoms with van der Waals surface area (Å²) in [5.74, 6) is 0. The number of likely N-dealkylation sites (N-methyl/N-ethyl adjacent to an activating group) is 1. The van der Waals surface area contributed by atoms with E-state index in [2.05, 4.69) is 24.2 Å². The van der Waals surface area contributed by atoms with Crippen molar-refractivity contribution in [2.75, 3.05) is 13.6 Å².